The zero-order chi connectivity index (χ0) is 9.26. The molecule has 0 saturated heterocycles. The zero-order valence-corrected chi connectivity index (χ0v) is 8.31. The molecule has 0 radical (unpaired) electrons. The molecule has 1 aromatic carbocycles. The van der Waals surface area contributed by atoms with Gasteiger partial charge in [-0.15, -0.1) is 0 Å². The monoisotopic (exact) mass is 191 g/mol. The van der Waals surface area contributed by atoms with Crippen LogP contribution in [0.1, 0.15) is 36.3 Å². The fourth-order valence-electron chi connectivity index (χ4n) is 1.66. The Morgan fingerprint density at radius 3 is 2.23 bits per heavy atom. The van der Waals surface area contributed by atoms with Gasteiger partial charge >= 0.3 is 0 Å². The van der Waals surface area contributed by atoms with Gasteiger partial charge in [0.15, 0.2) is 0 Å². The molecule has 1 aliphatic rings. The maximum Gasteiger partial charge on any atom is 0.103 e. The Balaban J connectivity index is 2.17. The summed E-state index contributed by atoms with van der Waals surface area (Å²) < 4.78 is 0. The largest absolute Gasteiger partial charge is 0.389 e. The van der Waals surface area contributed by atoms with Gasteiger partial charge in [0.05, 0.1) is 0 Å². The highest BCUT2D eigenvalue weighted by Crippen LogP contribution is 2.36. The number of thiocarbonyl (C=S) groups is 1. The van der Waals surface area contributed by atoms with Crippen molar-refractivity contribution < 1.29 is 0 Å². The van der Waals surface area contributed by atoms with Crippen LogP contribution in [-0.4, -0.2) is 4.99 Å². The summed E-state index contributed by atoms with van der Waals surface area (Å²) in [5, 5.41) is 0. The van der Waals surface area contributed by atoms with Gasteiger partial charge in [-0.05, 0) is 24.3 Å². The quantitative estimate of drug-likeness (QED) is 0.727. The average Bonchev–Trinajstić information content (AvgIpc) is 2.02. The maximum absolute atomic E-state index is 5.52. The second-order valence-electron chi connectivity index (χ2n) is 3.61. The Labute approximate surface area is 83.9 Å². The van der Waals surface area contributed by atoms with Crippen molar-refractivity contribution in [2.24, 2.45) is 5.73 Å². The van der Waals surface area contributed by atoms with E-state index >= 15 is 0 Å². The van der Waals surface area contributed by atoms with Crippen molar-refractivity contribution in [2.45, 2.75) is 25.2 Å². The summed E-state index contributed by atoms with van der Waals surface area (Å²) in [5.74, 6) is 0.792. The van der Waals surface area contributed by atoms with Crippen molar-refractivity contribution in [2.75, 3.05) is 0 Å². The summed E-state index contributed by atoms with van der Waals surface area (Å²) in [6.07, 6.45) is 4.06. The molecule has 0 spiro atoms. The van der Waals surface area contributed by atoms with E-state index in [0.717, 1.165) is 11.5 Å². The summed E-state index contributed by atoms with van der Waals surface area (Å²) in [7, 11) is 0. The Hall–Kier alpha value is -0.890. The van der Waals surface area contributed by atoms with Crippen LogP contribution in [0.2, 0.25) is 0 Å². The van der Waals surface area contributed by atoms with Crippen LogP contribution in [0.15, 0.2) is 24.3 Å². The van der Waals surface area contributed by atoms with E-state index in [-0.39, 0.29) is 0 Å². The highest BCUT2D eigenvalue weighted by Gasteiger charge is 2.18. The average molecular weight is 191 g/mol. The normalized spacial score (nSPS) is 16.6. The van der Waals surface area contributed by atoms with E-state index in [4.69, 9.17) is 18.0 Å². The molecule has 0 aliphatic heterocycles. The zero-order valence-electron chi connectivity index (χ0n) is 7.49. The van der Waals surface area contributed by atoms with Crippen LogP contribution in [-0.2, 0) is 0 Å². The Morgan fingerprint density at radius 1 is 1.23 bits per heavy atom. The lowest BCUT2D eigenvalue weighted by molar-refractivity contribution is 0.420. The van der Waals surface area contributed by atoms with Gasteiger partial charge in [0.25, 0.3) is 0 Å². The first-order chi connectivity index (χ1) is 6.27. The minimum absolute atomic E-state index is 0.486. The molecule has 0 bridgehead atoms. The summed E-state index contributed by atoms with van der Waals surface area (Å²) >= 11 is 4.89. The third-order valence-corrected chi connectivity index (χ3v) is 3.01. The molecule has 2 rings (SSSR count). The van der Waals surface area contributed by atoms with Crippen LogP contribution in [0.25, 0.3) is 0 Å². The van der Waals surface area contributed by atoms with Crippen LogP contribution in [0, 0.1) is 0 Å². The number of hydrogen-bond acceptors (Lipinski definition) is 1. The van der Waals surface area contributed by atoms with Crippen LogP contribution in [0.4, 0.5) is 0 Å². The van der Waals surface area contributed by atoms with Gasteiger partial charge in [-0.2, -0.15) is 0 Å². The van der Waals surface area contributed by atoms with E-state index in [2.05, 4.69) is 12.1 Å². The van der Waals surface area contributed by atoms with E-state index in [1.165, 1.54) is 24.8 Å². The molecule has 2 heteroatoms. The molecule has 0 unspecified atom stereocenters. The number of nitrogens with two attached hydrogens (primary N) is 1. The SMILES string of the molecule is NC(=S)c1ccc(C2CCC2)cc1. The van der Waals surface area contributed by atoms with Crippen LogP contribution >= 0.6 is 12.2 Å². The molecule has 2 N–H and O–H groups in total. The molecule has 1 aromatic rings. The lowest BCUT2D eigenvalue weighted by Gasteiger charge is -2.25. The lowest BCUT2D eigenvalue weighted by atomic mass is 9.80. The van der Waals surface area contributed by atoms with Crippen LogP contribution < -0.4 is 5.73 Å². The van der Waals surface area contributed by atoms with E-state index in [1.54, 1.807) is 0 Å². The molecule has 0 atom stereocenters. The molecule has 13 heavy (non-hydrogen) atoms. The molecule has 1 nitrogen and oxygen atoms in total. The second kappa shape index (κ2) is 3.46. The maximum atomic E-state index is 5.52. The Morgan fingerprint density at radius 2 is 1.85 bits per heavy atom. The molecule has 68 valence electrons. The molecule has 1 fully saturated rings. The standard InChI is InChI=1S/C11H13NS/c12-11(13)10-6-4-9(5-7-10)8-2-1-3-8/h4-8H,1-3H2,(H2,12,13). The van der Waals surface area contributed by atoms with Gasteiger partial charge in [0.2, 0.25) is 0 Å². The highest BCUT2D eigenvalue weighted by molar-refractivity contribution is 7.80. The second-order valence-corrected chi connectivity index (χ2v) is 4.05. The predicted molar refractivity (Wildman–Crippen MR) is 58.9 cm³/mol. The Bertz CT molecular complexity index is 311. The van der Waals surface area contributed by atoms with Crippen LogP contribution in [0.5, 0.6) is 0 Å². The van der Waals surface area contributed by atoms with Gasteiger partial charge in [-0.1, -0.05) is 42.9 Å². The van der Waals surface area contributed by atoms with Crippen molar-refractivity contribution in [1.29, 1.82) is 0 Å². The fourth-order valence-corrected chi connectivity index (χ4v) is 1.80. The van der Waals surface area contributed by atoms with Crippen molar-refractivity contribution in [3.63, 3.8) is 0 Å². The van der Waals surface area contributed by atoms with E-state index in [9.17, 15) is 0 Å². The van der Waals surface area contributed by atoms with Crippen molar-refractivity contribution >= 4 is 17.2 Å². The molecular formula is C11H13NS. The number of rotatable bonds is 2. The number of hydrogen-bond donors (Lipinski definition) is 1. The Kier molecular flexibility index (Phi) is 2.32. The third kappa shape index (κ3) is 1.73. The van der Waals surface area contributed by atoms with E-state index in [0.29, 0.717) is 4.99 Å². The molecule has 0 amide bonds. The minimum Gasteiger partial charge on any atom is -0.389 e. The summed E-state index contributed by atoms with van der Waals surface area (Å²) in [6.45, 7) is 0. The molecule has 0 heterocycles. The third-order valence-electron chi connectivity index (χ3n) is 2.77. The smallest absolute Gasteiger partial charge is 0.103 e. The minimum atomic E-state index is 0.486. The molecule has 1 aliphatic carbocycles. The first kappa shape index (κ1) is 8.70. The van der Waals surface area contributed by atoms with Gasteiger partial charge in [0, 0.05) is 5.56 Å². The molecule has 1 saturated carbocycles. The molecular weight excluding hydrogens is 178 g/mol. The van der Waals surface area contributed by atoms with Crippen molar-refractivity contribution in [1.82, 2.24) is 0 Å². The summed E-state index contributed by atoms with van der Waals surface area (Å²) in [6, 6.07) is 8.35. The predicted octanol–water partition coefficient (Wildman–Crippen LogP) is 2.59. The van der Waals surface area contributed by atoms with E-state index in [1.807, 2.05) is 12.1 Å². The van der Waals surface area contributed by atoms with Crippen molar-refractivity contribution in [3.05, 3.63) is 35.4 Å². The summed E-state index contributed by atoms with van der Waals surface area (Å²) in [5.41, 5.74) is 7.92. The van der Waals surface area contributed by atoms with Gasteiger partial charge in [-0.3, -0.25) is 0 Å². The van der Waals surface area contributed by atoms with Gasteiger partial charge < -0.3 is 5.73 Å². The first-order valence-electron chi connectivity index (χ1n) is 4.67. The van der Waals surface area contributed by atoms with Gasteiger partial charge in [-0.25, -0.2) is 0 Å². The highest BCUT2D eigenvalue weighted by atomic mass is 32.1. The molecule has 0 aromatic heterocycles. The fraction of sp³-hybridized carbons (Fsp3) is 0.364. The number of benzene rings is 1. The topological polar surface area (TPSA) is 26.0 Å². The van der Waals surface area contributed by atoms with E-state index < -0.39 is 0 Å². The lowest BCUT2D eigenvalue weighted by Crippen LogP contribution is -2.11. The van der Waals surface area contributed by atoms with Crippen LogP contribution in [0.3, 0.4) is 0 Å². The first-order valence-corrected chi connectivity index (χ1v) is 5.08. The summed E-state index contributed by atoms with van der Waals surface area (Å²) in [4.78, 5) is 0.486. The van der Waals surface area contributed by atoms with Crippen molar-refractivity contribution in [3.8, 4) is 0 Å². The van der Waals surface area contributed by atoms with Gasteiger partial charge in [0.1, 0.15) is 4.99 Å².